The number of carbonyl (C=O) groups excluding carboxylic acids is 2. The standard InChI is InChI=1S/C23H27FN2O3/c1-3-29-23(28)18-8-11-21(16(2)13-18)25-22(27)19-5-4-12-26(15-19)14-17-6-9-20(24)10-7-17/h6-11,13,19H,3-5,12,14-15H2,1-2H3,(H,25,27)/t19-/m0/s1. The molecule has 29 heavy (non-hydrogen) atoms. The smallest absolute Gasteiger partial charge is 0.338 e. The number of ether oxygens (including phenoxy) is 1. The molecule has 154 valence electrons. The van der Waals surface area contributed by atoms with Gasteiger partial charge in [0, 0.05) is 18.8 Å². The average molecular weight is 398 g/mol. The molecular formula is C23H27FN2O3. The molecule has 1 heterocycles. The lowest BCUT2D eigenvalue weighted by Crippen LogP contribution is -2.40. The predicted octanol–water partition coefficient (Wildman–Crippen LogP) is 4.16. The van der Waals surface area contributed by atoms with Crippen LogP contribution in [-0.4, -0.2) is 36.5 Å². The highest BCUT2D eigenvalue weighted by molar-refractivity contribution is 5.95. The Morgan fingerprint density at radius 3 is 2.66 bits per heavy atom. The number of carbonyl (C=O) groups is 2. The van der Waals surface area contributed by atoms with E-state index in [1.165, 1.54) is 12.1 Å². The van der Waals surface area contributed by atoms with Crippen LogP contribution in [0.5, 0.6) is 0 Å². The number of benzene rings is 2. The summed E-state index contributed by atoms with van der Waals surface area (Å²) in [5, 5.41) is 3.00. The van der Waals surface area contributed by atoms with Gasteiger partial charge in [-0.15, -0.1) is 0 Å². The van der Waals surface area contributed by atoms with Gasteiger partial charge in [-0.1, -0.05) is 12.1 Å². The fourth-order valence-corrected chi connectivity index (χ4v) is 3.64. The van der Waals surface area contributed by atoms with E-state index < -0.39 is 0 Å². The van der Waals surface area contributed by atoms with Gasteiger partial charge in [0.15, 0.2) is 0 Å². The van der Waals surface area contributed by atoms with E-state index in [0.29, 0.717) is 30.9 Å². The normalized spacial score (nSPS) is 17.0. The van der Waals surface area contributed by atoms with E-state index in [1.807, 2.05) is 6.92 Å². The highest BCUT2D eigenvalue weighted by Crippen LogP contribution is 2.23. The lowest BCUT2D eigenvalue weighted by Gasteiger charge is -2.32. The number of hydrogen-bond acceptors (Lipinski definition) is 4. The summed E-state index contributed by atoms with van der Waals surface area (Å²) in [6.45, 7) is 6.25. The fraction of sp³-hybridized carbons (Fsp3) is 0.391. The van der Waals surface area contributed by atoms with Crippen molar-refractivity contribution in [3.05, 3.63) is 65.0 Å². The minimum Gasteiger partial charge on any atom is -0.462 e. The van der Waals surface area contributed by atoms with Gasteiger partial charge >= 0.3 is 5.97 Å². The van der Waals surface area contributed by atoms with Crippen LogP contribution in [-0.2, 0) is 16.1 Å². The van der Waals surface area contributed by atoms with Crippen molar-refractivity contribution >= 4 is 17.6 Å². The molecule has 2 aromatic carbocycles. The third kappa shape index (κ3) is 5.64. The summed E-state index contributed by atoms with van der Waals surface area (Å²) in [6.07, 6.45) is 1.78. The Labute approximate surface area is 170 Å². The first-order valence-corrected chi connectivity index (χ1v) is 10.0. The Morgan fingerprint density at radius 2 is 1.97 bits per heavy atom. The number of esters is 1. The predicted molar refractivity (Wildman–Crippen MR) is 110 cm³/mol. The average Bonchev–Trinajstić information content (AvgIpc) is 2.71. The monoisotopic (exact) mass is 398 g/mol. The number of piperidine rings is 1. The molecule has 0 unspecified atom stereocenters. The van der Waals surface area contributed by atoms with Gasteiger partial charge in [0.25, 0.3) is 0 Å². The van der Waals surface area contributed by atoms with Crippen molar-refractivity contribution in [1.29, 1.82) is 0 Å². The highest BCUT2D eigenvalue weighted by atomic mass is 19.1. The van der Waals surface area contributed by atoms with Crippen molar-refractivity contribution in [2.24, 2.45) is 5.92 Å². The van der Waals surface area contributed by atoms with E-state index in [-0.39, 0.29) is 23.6 Å². The van der Waals surface area contributed by atoms with Gasteiger partial charge in [0.1, 0.15) is 5.82 Å². The van der Waals surface area contributed by atoms with Gasteiger partial charge < -0.3 is 10.1 Å². The first kappa shape index (κ1) is 21.0. The van der Waals surface area contributed by atoms with Crippen LogP contribution in [0.3, 0.4) is 0 Å². The second-order valence-corrected chi connectivity index (χ2v) is 7.44. The van der Waals surface area contributed by atoms with Gasteiger partial charge in [-0.25, -0.2) is 9.18 Å². The number of halogens is 1. The van der Waals surface area contributed by atoms with Crippen LogP contribution >= 0.6 is 0 Å². The molecule has 0 saturated carbocycles. The molecule has 1 atom stereocenters. The lowest BCUT2D eigenvalue weighted by atomic mass is 9.96. The summed E-state index contributed by atoms with van der Waals surface area (Å²) in [5.74, 6) is -0.722. The summed E-state index contributed by atoms with van der Waals surface area (Å²) < 4.78 is 18.1. The Balaban J connectivity index is 1.60. The number of hydrogen-bond donors (Lipinski definition) is 1. The third-order valence-electron chi connectivity index (χ3n) is 5.19. The number of amides is 1. The molecule has 6 heteroatoms. The van der Waals surface area contributed by atoms with E-state index in [1.54, 1.807) is 37.3 Å². The molecule has 1 aliphatic heterocycles. The SMILES string of the molecule is CCOC(=O)c1ccc(NC(=O)[C@H]2CCCN(Cc3ccc(F)cc3)C2)c(C)c1. The van der Waals surface area contributed by atoms with Crippen LogP contribution in [0.4, 0.5) is 10.1 Å². The minimum absolute atomic E-state index is 0.0132. The summed E-state index contributed by atoms with van der Waals surface area (Å²) in [7, 11) is 0. The first-order chi connectivity index (χ1) is 14.0. The van der Waals surface area contributed by atoms with E-state index in [2.05, 4.69) is 10.2 Å². The second-order valence-electron chi connectivity index (χ2n) is 7.44. The molecule has 2 aromatic rings. The first-order valence-electron chi connectivity index (χ1n) is 10.0. The van der Waals surface area contributed by atoms with Crippen molar-refractivity contribution in [2.45, 2.75) is 33.2 Å². The van der Waals surface area contributed by atoms with E-state index in [9.17, 15) is 14.0 Å². The molecule has 0 aliphatic carbocycles. The minimum atomic E-state index is -0.364. The van der Waals surface area contributed by atoms with Crippen molar-refractivity contribution in [1.82, 2.24) is 4.90 Å². The molecular weight excluding hydrogens is 371 g/mol. The fourth-order valence-electron chi connectivity index (χ4n) is 3.64. The van der Waals surface area contributed by atoms with Gasteiger partial charge in [0.05, 0.1) is 18.1 Å². The van der Waals surface area contributed by atoms with Gasteiger partial charge in [-0.3, -0.25) is 9.69 Å². The quantitative estimate of drug-likeness (QED) is 0.743. The van der Waals surface area contributed by atoms with Crippen LogP contribution in [0.15, 0.2) is 42.5 Å². The van der Waals surface area contributed by atoms with Gasteiger partial charge in [-0.05, 0) is 74.7 Å². The number of likely N-dealkylation sites (tertiary alicyclic amines) is 1. The Bertz CT molecular complexity index is 867. The molecule has 1 aliphatic rings. The molecule has 0 radical (unpaired) electrons. The molecule has 1 N–H and O–H groups in total. The maximum Gasteiger partial charge on any atom is 0.338 e. The zero-order chi connectivity index (χ0) is 20.8. The van der Waals surface area contributed by atoms with Gasteiger partial charge in [0.2, 0.25) is 5.91 Å². The van der Waals surface area contributed by atoms with Crippen molar-refractivity contribution in [3.63, 3.8) is 0 Å². The van der Waals surface area contributed by atoms with Crippen LogP contribution in [0.1, 0.15) is 41.3 Å². The number of nitrogens with one attached hydrogen (secondary N) is 1. The van der Waals surface area contributed by atoms with Gasteiger partial charge in [-0.2, -0.15) is 0 Å². The summed E-state index contributed by atoms with van der Waals surface area (Å²) >= 11 is 0. The van der Waals surface area contributed by atoms with E-state index in [4.69, 9.17) is 4.74 Å². The number of nitrogens with zero attached hydrogens (tertiary/aromatic N) is 1. The molecule has 0 spiro atoms. The number of rotatable bonds is 6. The summed E-state index contributed by atoms with van der Waals surface area (Å²) in [4.78, 5) is 26.9. The van der Waals surface area contributed by atoms with Crippen LogP contribution in [0.25, 0.3) is 0 Å². The van der Waals surface area contributed by atoms with Crippen LogP contribution in [0.2, 0.25) is 0 Å². The Kier molecular flexibility index (Phi) is 6.99. The van der Waals surface area contributed by atoms with E-state index >= 15 is 0 Å². The zero-order valence-electron chi connectivity index (χ0n) is 16.9. The number of aryl methyl sites for hydroxylation is 1. The zero-order valence-corrected chi connectivity index (χ0v) is 16.9. The molecule has 0 aromatic heterocycles. The van der Waals surface area contributed by atoms with Crippen molar-refractivity contribution in [2.75, 3.05) is 25.0 Å². The Morgan fingerprint density at radius 1 is 1.21 bits per heavy atom. The molecule has 1 fully saturated rings. The molecule has 5 nitrogen and oxygen atoms in total. The largest absolute Gasteiger partial charge is 0.462 e. The van der Waals surface area contributed by atoms with Crippen molar-refractivity contribution in [3.8, 4) is 0 Å². The highest BCUT2D eigenvalue weighted by Gasteiger charge is 2.26. The topological polar surface area (TPSA) is 58.6 Å². The summed E-state index contributed by atoms with van der Waals surface area (Å²) in [5.41, 5.74) is 3.05. The maximum atomic E-state index is 13.1. The molecule has 1 saturated heterocycles. The second kappa shape index (κ2) is 9.65. The van der Waals surface area contributed by atoms with Crippen LogP contribution < -0.4 is 5.32 Å². The van der Waals surface area contributed by atoms with Crippen molar-refractivity contribution < 1.29 is 18.7 Å². The number of anilines is 1. The molecule has 1 amide bonds. The summed E-state index contributed by atoms with van der Waals surface area (Å²) in [6, 6.07) is 11.6. The van der Waals surface area contributed by atoms with E-state index in [0.717, 1.165) is 30.5 Å². The maximum absolute atomic E-state index is 13.1. The lowest BCUT2D eigenvalue weighted by molar-refractivity contribution is -0.121. The van der Waals surface area contributed by atoms with Crippen LogP contribution in [0, 0.1) is 18.7 Å². The Hall–Kier alpha value is -2.73. The third-order valence-corrected chi connectivity index (χ3v) is 5.19. The molecule has 0 bridgehead atoms. The molecule has 3 rings (SSSR count).